The molecule has 2 amide bonds. The molecule has 1 saturated heterocycles. The highest BCUT2D eigenvalue weighted by atomic mass is 32.2. The lowest BCUT2D eigenvalue weighted by Crippen LogP contribution is -2.40. The van der Waals surface area contributed by atoms with Crippen molar-refractivity contribution in [3.63, 3.8) is 0 Å². The number of allylic oxidation sites excluding steroid dienone is 4. The molecule has 0 bridgehead atoms. The van der Waals surface area contributed by atoms with E-state index in [1.807, 2.05) is 4.90 Å². The van der Waals surface area contributed by atoms with Crippen molar-refractivity contribution in [1.29, 1.82) is 0 Å². The first kappa shape index (κ1) is 31.2. The molecule has 3 aliphatic carbocycles. The average Bonchev–Trinajstić information content (AvgIpc) is 3.35. The first-order chi connectivity index (χ1) is 22.0. The second-order valence-corrected chi connectivity index (χ2v) is 15.8. The Hall–Kier alpha value is -3.41. The van der Waals surface area contributed by atoms with Crippen LogP contribution in [0.1, 0.15) is 68.0 Å². The van der Waals surface area contributed by atoms with E-state index < -0.39 is 16.1 Å². The summed E-state index contributed by atoms with van der Waals surface area (Å²) in [4.78, 5) is 32.2. The van der Waals surface area contributed by atoms with Crippen molar-refractivity contribution in [2.45, 2.75) is 69.4 Å². The second-order valence-electron chi connectivity index (χ2n) is 13.9. The van der Waals surface area contributed by atoms with E-state index in [9.17, 15) is 18.0 Å². The van der Waals surface area contributed by atoms with E-state index in [0.29, 0.717) is 37.0 Å². The molecule has 2 aliphatic heterocycles. The lowest BCUT2D eigenvalue weighted by molar-refractivity contribution is -0.135. The number of methoxy groups -OCH3 is 1. The van der Waals surface area contributed by atoms with Crippen molar-refractivity contribution in [3.8, 4) is 5.75 Å². The highest BCUT2D eigenvalue weighted by Crippen LogP contribution is 2.55. The van der Waals surface area contributed by atoms with E-state index >= 15 is 0 Å². The molecule has 5 aliphatic rings. The minimum atomic E-state index is -3.98. The van der Waals surface area contributed by atoms with E-state index in [4.69, 9.17) is 4.74 Å². The van der Waals surface area contributed by atoms with Gasteiger partial charge in [-0.15, -0.1) is 0 Å². The third kappa shape index (κ3) is 5.11. The van der Waals surface area contributed by atoms with Gasteiger partial charge < -0.3 is 19.1 Å². The number of nitrogens with one attached hydrogen (secondary N) is 1. The van der Waals surface area contributed by atoms with E-state index in [1.165, 1.54) is 38.9 Å². The van der Waals surface area contributed by atoms with Crippen molar-refractivity contribution in [2.75, 3.05) is 48.4 Å². The van der Waals surface area contributed by atoms with Crippen LogP contribution < -0.4 is 9.46 Å². The molecule has 2 aromatic rings. The summed E-state index contributed by atoms with van der Waals surface area (Å²) in [6, 6.07) is 6.83. The molecule has 1 aromatic carbocycles. The van der Waals surface area contributed by atoms with Crippen LogP contribution in [0.4, 0.5) is 0 Å². The molecule has 0 radical (unpaired) electrons. The number of rotatable bonds is 7. The van der Waals surface area contributed by atoms with Gasteiger partial charge in [0.05, 0.1) is 24.1 Å². The number of ether oxygens (including phenoxy) is 1. The number of hydrogen-bond donors (Lipinski definition) is 1. The van der Waals surface area contributed by atoms with Crippen molar-refractivity contribution in [2.24, 2.45) is 5.92 Å². The minimum Gasteiger partial charge on any atom is -0.496 e. The van der Waals surface area contributed by atoms with E-state index in [1.54, 1.807) is 7.11 Å². The molecule has 2 fully saturated rings. The minimum absolute atomic E-state index is 0.137. The Kier molecular flexibility index (Phi) is 7.92. The summed E-state index contributed by atoms with van der Waals surface area (Å²) >= 11 is 0. The number of likely N-dealkylation sites (N-methyl/N-ethyl adjacent to an activating group) is 1. The Morgan fingerprint density at radius 2 is 1.80 bits per heavy atom. The fraction of sp³-hybridized carbons (Fsp3) is 0.543. The molecule has 7 rings (SSSR count). The number of likely N-dealkylation sites (tertiary alicyclic amines) is 1. The molecule has 10 nitrogen and oxygen atoms in total. The Labute approximate surface area is 271 Å². The summed E-state index contributed by atoms with van der Waals surface area (Å²) in [5, 5.41) is 1.03. The molecule has 11 heteroatoms. The maximum Gasteiger partial charge on any atom is 0.303 e. The Morgan fingerprint density at radius 3 is 2.48 bits per heavy atom. The number of fused-ring (bicyclic) bond motifs is 6. The smallest absolute Gasteiger partial charge is 0.303 e. The van der Waals surface area contributed by atoms with Gasteiger partial charge in [-0.25, -0.2) is 4.72 Å². The maximum absolute atomic E-state index is 14.4. The van der Waals surface area contributed by atoms with Crippen LogP contribution in [0.5, 0.6) is 5.75 Å². The SMILES string of the molecule is COc1ccc(C2CCCCC2)c2c1cc1n2CC2=C(C(=O)NS(=O)(=O)N(C)C)C2=C2C=CC[C@@H](C(=O)N3CC[C@H](N(C)C)C3)C21. The van der Waals surface area contributed by atoms with Crippen LogP contribution in [0.15, 0.2) is 52.6 Å². The summed E-state index contributed by atoms with van der Waals surface area (Å²) in [5.74, 6) is 0.117. The predicted octanol–water partition coefficient (Wildman–Crippen LogP) is 4.06. The molecule has 246 valence electrons. The fourth-order valence-electron chi connectivity index (χ4n) is 8.37. The molecule has 3 atom stereocenters. The van der Waals surface area contributed by atoms with Crippen LogP contribution in [0, 0.1) is 5.92 Å². The van der Waals surface area contributed by atoms with E-state index in [-0.39, 0.29) is 17.7 Å². The van der Waals surface area contributed by atoms with Crippen LogP contribution in [-0.2, 0) is 26.3 Å². The van der Waals surface area contributed by atoms with Gasteiger partial charge in [0.15, 0.2) is 0 Å². The summed E-state index contributed by atoms with van der Waals surface area (Å²) in [7, 11) is 4.64. The van der Waals surface area contributed by atoms with Crippen molar-refractivity contribution in [1.82, 2.24) is 23.4 Å². The topological polar surface area (TPSA) is 104 Å². The fourth-order valence-corrected chi connectivity index (χ4v) is 8.88. The first-order valence-corrected chi connectivity index (χ1v) is 18.0. The molecule has 1 saturated carbocycles. The van der Waals surface area contributed by atoms with Crippen molar-refractivity contribution >= 4 is 32.9 Å². The third-order valence-electron chi connectivity index (χ3n) is 10.9. The lowest BCUT2D eigenvalue weighted by Gasteiger charge is -2.33. The molecule has 46 heavy (non-hydrogen) atoms. The highest BCUT2D eigenvalue weighted by Gasteiger charge is 2.48. The normalized spacial score (nSPS) is 24.8. The van der Waals surface area contributed by atoms with Gasteiger partial charge in [-0.2, -0.15) is 12.7 Å². The summed E-state index contributed by atoms with van der Waals surface area (Å²) < 4.78 is 36.9. The molecular formula is C35H45N5O5S. The summed E-state index contributed by atoms with van der Waals surface area (Å²) in [6.45, 7) is 1.86. The number of amides is 2. The third-order valence-corrected chi connectivity index (χ3v) is 12.3. The lowest BCUT2D eigenvalue weighted by atomic mass is 9.76. The summed E-state index contributed by atoms with van der Waals surface area (Å²) in [5.41, 5.74) is 6.45. The van der Waals surface area contributed by atoms with Crippen LogP contribution in [0.2, 0.25) is 0 Å². The quantitative estimate of drug-likeness (QED) is 0.486. The standard InChI is InChI=1S/C35H45N5O5S/c1-37(2)22-16-17-39(19-22)35(42)25-13-9-12-24-30(25)28-18-26-29(45-5)15-14-23(21-10-7-6-8-11-21)33(26)40(28)20-27-31(24)32(27)34(41)36-46(43,44)38(3)4/h9,12,14-15,18,21-22,25,30H,6-8,10-11,13,16-17,19-20H2,1-5H3,(H,36,41)/t22-,25+,30?/m0/s1. The number of carbonyl (C=O) groups is 2. The van der Waals surface area contributed by atoms with Crippen molar-refractivity contribution < 1.29 is 22.7 Å². The zero-order valence-corrected chi connectivity index (χ0v) is 28.3. The van der Waals surface area contributed by atoms with Crippen LogP contribution in [-0.4, -0.2) is 93.3 Å². The van der Waals surface area contributed by atoms with Crippen molar-refractivity contribution in [3.05, 3.63) is 63.9 Å². The predicted molar refractivity (Wildman–Crippen MR) is 178 cm³/mol. The van der Waals surface area contributed by atoms with Gasteiger partial charge in [-0.1, -0.05) is 37.5 Å². The van der Waals surface area contributed by atoms with Gasteiger partial charge in [-0.05, 0) is 80.1 Å². The second kappa shape index (κ2) is 11.7. The summed E-state index contributed by atoms with van der Waals surface area (Å²) in [6.07, 6.45) is 11.6. The monoisotopic (exact) mass is 647 g/mol. The van der Waals surface area contributed by atoms with Crippen LogP contribution >= 0.6 is 0 Å². The molecule has 1 N–H and O–H groups in total. The highest BCUT2D eigenvalue weighted by molar-refractivity contribution is 7.87. The zero-order valence-electron chi connectivity index (χ0n) is 27.5. The van der Waals surface area contributed by atoms with Gasteiger partial charge in [0.2, 0.25) is 5.91 Å². The van der Waals surface area contributed by atoms with Gasteiger partial charge in [-0.3, -0.25) is 9.59 Å². The average molecular weight is 648 g/mol. The van der Waals surface area contributed by atoms with Gasteiger partial charge in [0.25, 0.3) is 5.91 Å². The Bertz CT molecular complexity index is 1810. The zero-order chi connectivity index (χ0) is 32.5. The van der Waals surface area contributed by atoms with Crippen LogP contribution in [0.25, 0.3) is 10.9 Å². The molecular weight excluding hydrogens is 602 g/mol. The number of carbonyl (C=O) groups excluding carboxylic acids is 2. The molecule has 3 heterocycles. The number of hydrogen-bond acceptors (Lipinski definition) is 6. The Balaban J connectivity index is 1.39. The number of aromatic nitrogens is 1. The Morgan fingerprint density at radius 1 is 1.04 bits per heavy atom. The van der Waals surface area contributed by atoms with Crippen LogP contribution in [0.3, 0.4) is 0 Å². The molecule has 1 aromatic heterocycles. The maximum atomic E-state index is 14.4. The molecule has 1 unspecified atom stereocenters. The van der Waals surface area contributed by atoms with Gasteiger partial charge in [0.1, 0.15) is 5.75 Å². The first-order valence-electron chi connectivity index (χ1n) is 16.6. The van der Waals surface area contributed by atoms with Gasteiger partial charge in [0, 0.05) is 56.8 Å². The van der Waals surface area contributed by atoms with E-state index in [0.717, 1.165) is 69.2 Å². The van der Waals surface area contributed by atoms with E-state index in [2.05, 4.69) is 58.6 Å². The molecule has 0 spiro atoms. The van der Waals surface area contributed by atoms with Gasteiger partial charge >= 0.3 is 10.2 Å². The number of benzene rings is 1. The number of nitrogens with zero attached hydrogens (tertiary/aromatic N) is 4. The largest absolute Gasteiger partial charge is 0.496 e.